The van der Waals surface area contributed by atoms with Crippen molar-refractivity contribution in [1.82, 2.24) is 10.5 Å². The van der Waals surface area contributed by atoms with Crippen LogP contribution in [0.4, 0.5) is 5.82 Å². The number of carbonyl (C=O) groups is 2. The summed E-state index contributed by atoms with van der Waals surface area (Å²) in [5, 5.41) is 9.20. The molecule has 6 nitrogen and oxygen atoms in total. The highest BCUT2D eigenvalue weighted by Gasteiger charge is 2.56. The van der Waals surface area contributed by atoms with Crippen LogP contribution in [0.2, 0.25) is 0 Å². The van der Waals surface area contributed by atoms with Crippen LogP contribution in [-0.2, 0) is 9.59 Å². The molecule has 110 valence electrons. The van der Waals surface area contributed by atoms with Gasteiger partial charge in [-0.05, 0) is 26.2 Å². The van der Waals surface area contributed by atoms with Gasteiger partial charge in [0.1, 0.15) is 11.2 Å². The van der Waals surface area contributed by atoms with Crippen LogP contribution >= 0.6 is 0 Å². The number of amides is 2. The van der Waals surface area contributed by atoms with Crippen LogP contribution in [0.25, 0.3) is 0 Å². The zero-order chi connectivity index (χ0) is 14.6. The second kappa shape index (κ2) is 6.07. The Bertz CT molecular complexity index is 492. The van der Waals surface area contributed by atoms with Crippen molar-refractivity contribution in [1.29, 1.82) is 0 Å². The van der Waals surface area contributed by atoms with E-state index in [0.717, 1.165) is 19.3 Å². The number of anilines is 1. The van der Waals surface area contributed by atoms with E-state index in [1.807, 2.05) is 0 Å². The van der Waals surface area contributed by atoms with Gasteiger partial charge >= 0.3 is 0 Å². The molecule has 6 heteroatoms. The maximum absolute atomic E-state index is 12.2. The summed E-state index contributed by atoms with van der Waals surface area (Å²) in [6.45, 7) is 4.48. The van der Waals surface area contributed by atoms with Crippen molar-refractivity contribution in [2.24, 2.45) is 5.41 Å². The van der Waals surface area contributed by atoms with Crippen molar-refractivity contribution < 1.29 is 14.1 Å². The molecule has 0 unspecified atom stereocenters. The minimum absolute atomic E-state index is 0.175. The molecule has 2 N–H and O–H groups in total. The molecule has 0 atom stereocenters. The quantitative estimate of drug-likeness (QED) is 0.590. The van der Waals surface area contributed by atoms with Gasteiger partial charge in [0.2, 0.25) is 11.8 Å². The number of aromatic nitrogens is 1. The summed E-state index contributed by atoms with van der Waals surface area (Å²) in [7, 11) is 0. The highest BCUT2D eigenvalue weighted by molar-refractivity contribution is 6.12. The standard InChI is InChI=1S/C14H21N3O3/c1-3-4-5-8-15-12(18)14(6-7-14)13(19)16-11-9-10(2)20-17-11/h9H,3-8H2,1-2H3,(H,15,18)(H,16,17,19). The van der Waals surface area contributed by atoms with E-state index >= 15 is 0 Å². The summed E-state index contributed by atoms with van der Waals surface area (Å²) in [5.41, 5.74) is -0.904. The Morgan fingerprint density at radius 1 is 1.35 bits per heavy atom. The number of hydrogen-bond acceptors (Lipinski definition) is 4. The monoisotopic (exact) mass is 279 g/mol. The first-order chi connectivity index (χ1) is 9.58. The summed E-state index contributed by atoms with van der Waals surface area (Å²) in [5.74, 6) is 0.511. The molecule has 0 saturated heterocycles. The van der Waals surface area contributed by atoms with Gasteiger partial charge < -0.3 is 15.2 Å². The summed E-state index contributed by atoms with van der Waals surface area (Å²) in [6.07, 6.45) is 4.32. The topological polar surface area (TPSA) is 84.2 Å². The van der Waals surface area contributed by atoms with Crippen molar-refractivity contribution in [3.8, 4) is 0 Å². The fraction of sp³-hybridized carbons (Fsp3) is 0.643. The zero-order valence-corrected chi connectivity index (χ0v) is 12.0. The highest BCUT2D eigenvalue weighted by Crippen LogP contribution is 2.46. The molecule has 1 saturated carbocycles. The number of hydrogen-bond donors (Lipinski definition) is 2. The highest BCUT2D eigenvalue weighted by atomic mass is 16.5. The fourth-order valence-electron chi connectivity index (χ4n) is 2.09. The van der Waals surface area contributed by atoms with Crippen molar-refractivity contribution in [2.45, 2.75) is 46.0 Å². The third kappa shape index (κ3) is 3.18. The van der Waals surface area contributed by atoms with Crippen molar-refractivity contribution in [2.75, 3.05) is 11.9 Å². The van der Waals surface area contributed by atoms with E-state index in [4.69, 9.17) is 4.52 Å². The SMILES string of the molecule is CCCCCNC(=O)C1(C(=O)Nc2cc(C)on2)CC1. The lowest BCUT2D eigenvalue weighted by Crippen LogP contribution is -2.40. The first-order valence-electron chi connectivity index (χ1n) is 7.11. The van der Waals surface area contributed by atoms with Gasteiger partial charge in [0.25, 0.3) is 0 Å². The maximum Gasteiger partial charge on any atom is 0.241 e. The largest absolute Gasteiger partial charge is 0.360 e. The normalized spacial score (nSPS) is 15.7. The number of nitrogens with one attached hydrogen (secondary N) is 2. The minimum Gasteiger partial charge on any atom is -0.360 e. The average Bonchev–Trinajstić information content (AvgIpc) is 3.14. The molecule has 0 aromatic carbocycles. The van der Waals surface area contributed by atoms with Gasteiger partial charge in [-0.25, -0.2) is 0 Å². The number of nitrogens with zero attached hydrogens (tertiary/aromatic N) is 1. The Hall–Kier alpha value is -1.85. The molecule has 1 aromatic heterocycles. The molecule has 0 bridgehead atoms. The van der Waals surface area contributed by atoms with Crippen molar-refractivity contribution >= 4 is 17.6 Å². The van der Waals surface area contributed by atoms with Gasteiger partial charge in [-0.2, -0.15) is 0 Å². The third-order valence-electron chi connectivity index (χ3n) is 3.55. The van der Waals surface area contributed by atoms with Crippen LogP contribution in [-0.4, -0.2) is 23.5 Å². The Morgan fingerprint density at radius 2 is 2.10 bits per heavy atom. The van der Waals surface area contributed by atoms with Gasteiger partial charge in [0.05, 0.1) is 0 Å². The van der Waals surface area contributed by atoms with Crippen LogP contribution in [0.15, 0.2) is 10.6 Å². The molecule has 1 aliphatic rings. The van der Waals surface area contributed by atoms with E-state index in [-0.39, 0.29) is 11.8 Å². The van der Waals surface area contributed by atoms with Gasteiger partial charge in [-0.1, -0.05) is 24.9 Å². The molecule has 20 heavy (non-hydrogen) atoms. The van der Waals surface area contributed by atoms with E-state index < -0.39 is 5.41 Å². The predicted molar refractivity (Wildman–Crippen MR) is 74.1 cm³/mol. The molecule has 0 aliphatic heterocycles. The van der Waals surface area contributed by atoms with Gasteiger partial charge in [-0.15, -0.1) is 0 Å². The molecule has 1 heterocycles. The molecule has 1 aliphatic carbocycles. The second-order valence-electron chi connectivity index (χ2n) is 5.32. The zero-order valence-electron chi connectivity index (χ0n) is 12.0. The Kier molecular flexibility index (Phi) is 4.42. The molecule has 1 fully saturated rings. The van der Waals surface area contributed by atoms with Crippen LogP contribution in [0.5, 0.6) is 0 Å². The van der Waals surface area contributed by atoms with E-state index in [9.17, 15) is 9.59 Å². The van der Waals surface area contributed by atoms with E-state index in [1.54, 1.807) is 13.0 Å². The number of rotatable bonds is 7. The van der Waals surface area contributed by atoms with Gasteiger partial charge in [-0.3, -0.25) is 9.59 Å². The molecular formula is C14H21N3O3. The first-order valence-corrected chi connectivity index (χ1v) is 7.11. The average molecular weight is 279 g/mol. The van der Waals surface area contributed by atoms with E-state index in [0.29, 0.717) is 31.0 Å². The lowest BCUT2D eigenvalue weighted by atomic mass is 10.1. The second-order valence-corrected chi connectivity index (χ2v) is 5.32. The Balaban J connectivity index is 1.86. The van der Waals surface area contributed by atoms with Crippen LogP contribution in [0, 0.1) is 12.3 Å². The lowest BCUT2D eigenvalue weighted by molar-refractivity contribution is -0.134. The molecule has 0 radical (unpaired) electrons. The maximum atomic E-state index is 12.2. The van der Waals surface area contributed by atoms with Crippen LogP contribution in [0.1, 0.15) is 44.8 Å². The minimum atomic E-state index is -0.904. The smallest absolute Gasteiger partial charge is 0.241 e. The van der Waals surface area contributed by atoms with Crippen molar-refractivity contribution in [3.63, 3.8) is 0 Å². The van der Waals surface area contributed by atoms with Crippen LogP contribution < -0.4 is 10.6 Å². The number of aryl methyl sites for hydroxylation is 1. The van der Waals surface area contributed by atoms with Crippen molar-refractivity contribution in [3.05, 3.63) is 11.8 Å². The lowest BCUT2D eigenvalue weighted by Gasteiger charge is -2.14. The molecule has 2 rings (SSSR count). The molecular weight excluding hydrogens is 258 g/mol. The van der Waals surface area contributed by atoms with Gasteiger partial charge in [0, 0.05) is 12.6 Å². The summed E-state index contributed by atoms with van der Waals surface area (Å²) in [6, 6.07) is 1.63. The number of unbranched alkanes of at least 4 members (excludes halogenated alkanes) is 2. The molecule has 2 amide bonds. The summed E-state index contributed by atoms with van der Waals surface area (Å²) in [4.78, 5) is 24.3. The predicted octanol–water partition coefficient (Wildman–Crippen LogP) is 2.01. The summed E-state index contributed by atoms with van der Waals surface area (Å²) >= 11 is 0. The molecule has 0 spiro atoms. The van der Waals surface area contributed by atoms with Crippen LogP contribution in [0.3, 0.4) is 0 Å². The van der Waals surface area contributed by atoms with E-state index in [1.165, 1.54) is 0 Å². The molecule has 1 aromatic rings. The Labute approximate surface area is 118 Å². The van der Waals surface area contributed by atoms with Gasteiger partial charge in [0.15, 0.2) is 5.82 Å². The first kappa shape index (κ1) is 14.6. The fourth-order valence-corrected chi connectivity index (χ4v) is 2.09. The summed E-state index contributed by atoms with van der Waals surface area (Å²) < 4.78 is 4.89. The van der Waals surface area contributed by atoms with E-state index in [2.05, 4.69) is 22.7 Å². The Morgan fingerprint density at radius 3 is 2.65 bits per heavy atom. The number of carbonyl (C=O) groups excluding carboxylic acids is 2. The third-order valence-corrected chi connectivity index (χ3v) is 3.55.